The molecule has 1 heterocycles. The van der Waals surface area contributed by atoms with E-state index in [0.717, 1.165) is 27.3 Å². The van der Waals surface area contributed by atoms with Crippen molar-refractivity contribution in [2.45, 2.75) is 25.7 Å². The zero-order valence-corrected chi connectivity index (χ0v) is 16.2. The monoisotopic (exact) mass is 377 g/mol. The molecule has 2 aromatic carbocycles. The number of ketones is 1. The van der Waals surface area contributed by atoms with Crippen LogP contribution in [-0.4, -0.2) is 18.2 Å². The lowest BCUT2D eigenvalue weighted by Crippen LogP contribution is -2.27. The number of hydrogen-bond donors (Lipinski definition) is 1. The number of benzene rings is 2. The molecule has 0 radical (unpaired) electrons. The maximum atomic E-state index is 12.5. The third kappa shape index (κ3) is 5.38. The van der Waals surface area contributed by atoms with Gasteiger partial charge in [0.1, 0.15) is 0 Å². The first-order chi connectivity index (χ1) is 13.1. The Kier molecular flexibility index (Phi) is 6.55. The summed E-state index contributed by atoms with van der Waals surface area (Å²) in [6.45, 7) is 2.15. The summed E-state index contributed by atoms with van der Waals surface area (Å²) in [6, 6.07) is 24.1. The van der Waals surface area contributed by atoms with Gasteiger partial charge < -0.3 is 5.32 Å². The van der Waals surface area contributed by atoms with Crippen LogP contribution < -0.4 is 5.32 Å². The van der Waals surface area contributed by atoms with Crippen molar-refractivity contribution in [2.24, 2.45) is 0 Å². The standard InChI is InChI=1S/C23H23NO2S/c1-17(25)22-13-12-20(27-22)14-15-24-23(26)16-21(18-8-4-2-5-9-18)19-10-6-3-7-11-19/h2-13,21H,14-16H2,1H3,(H,24,26). The third-order valence-corrected chi connectivity index (χ3v) is 5.74. The molecule has 1 amide bonds. The van der Waals surface area contributed by atoms with E-state index in [2.05, 4.69) is 29.6 Å². The molecule has 0 fully saturated rings. The molecule has 0 atom stereocenters. The molecular weight excluding hydrogens is 354 g/mol. The highest BCUT2D eigenvalue weighted by Gasteiger charge is 2.17. The Morgan fingerprint density at radius 2 is 1.48 bits per heavy atom. The molecule has 27 heavy (non-hydrogen) atoms. The van der Waals surface area contributed by atoms with Gasteiger partial charge in [0.2, 0.25) is 5.91 Å². The van der Waals surface area contributed by atoms with E-state index in [1.54, 1.807) is 6.92 Å². The van der Waals surface area contributed by atoms with Crippen LogP contribution in [0.15, 0.2) is 72.8 Å². The molecule has 1 N–H and O–H groups in total. The zero-order chi connectivity index (χ0) is 19.1. The van der Waals surface area contributed by atoms with Crippen LogP contribution in [0.3, 0.4) is 0 Å². The zero-order valence-electron chi connectivity index (χ0n) is 15.4. The SMILES string of the molecule is CC(=O)c1ccc(CCNC(=O)CC(c2ccccc2)c2ccccc2)s1. The van der Waals surface area contributed by atoms with Crippen LogP contribution in [0, 0.1) is 0 Å². The first kappa shape index (κ1) is 19.1. The van der Waals surface area contributed by atoms with Crippen LogP contribution in [0.2, 0.25) is 0 Å². The molecule has 3 aromatic rings. The second-order valence-electron chi connectivity index (χ2n) is 6.50. The quantitative estimate of drug-likeness (QED) is 0.572. The van der Waals surface area contributed by atoms with Crippen LogP contribution >= 0.6 is 11.3 Å². The Morgan fingerprint density at radius 3 is 2.00 bits per heavy atom. The number of nitrogens with one attached hydrogen (secondary N) is 1. The van der Waals surface area contributed by atoms with E-state index in [0.29, 0.717) is 13.0 Å². The van der Waals surface area contributed by atoms with Gasteiger partial charge in [-0.15, -0.1) is 11.3 Å². The maximum absolute atomic E-state index is 12.5. The summed E-state index contributed by atoms with van der Waals surface area (Å²) in [5, 5.41) is 3.02. The molecule has 0 unspecified atom stereocenters. The third-order valence-electron chi connectivity index (χ3n) is 4.50. The molecule has 138 valence electrons. The van der Waals surface area contributed by atoms with Crippen molar-refractivity contribution in [3.05, 3.63) is 93.7 Å². The predicted molar refractivity (Wildman–Crippen MR) is 110 cm³/mol. The number of hydrogen-bond acceptors (Lipinski definition) is 3. The summed E-state index contributed by atoms with van der Waals surface area (Å²) in [4.78, 5) is 25.8. The molecule has 0 spiro atoms. The van der Waals surface area contributed by atoms with E-state index in [-0.39, 0.29) is 17.6 Å². The van der Waals surface area contributed by atoms with Gasteiger partial charge in [0.05, 0.1) is 4.88 Å². The number of carbonyl (C=O) groups is 2. The minimum atomic E-state index is 0.0380. The number of carbonyl (C=O) groups excluding carboxylic acids is 2. The van der Waals surface area contributed by atoms with Gasteiger partial charge in [-0.05, 0) is 36.6 Å². The van der Waals surface area contributed by atoms with E-state index < -0.39 is 0 Å². The van der Waals surface area contributed by atoms with E-state index in [4.69, 9.17) is 0 Å². The Balaban J connectivity index is 1.60. The summed E-state index contributed by atoms with van der Waals surface area (Å²) < 4.78 is 0. The highest BCUT2D eigenvalue weighted by molar-refractivity contribution is 7.14. The van der Waals surface area contributed by atoms with Gasteiger partial charge in [-0.2, -0.15) is 0 Å². The van der Waals surface area contributed by atoms with Gasteiger partial charge in [-0.1, -0.05) is 60.7 Å². The molecular formula is C23H23NO2S. The Hall–Kier alpha value is -2.72. The molecule has 0 bridgehead atoms. The van der Waals surface area contributed by atoms with Crippen molar-refractivity contribution >= 4 is 23.0 Å². The highest BCUT2D eigenvalue weighted by atomic mass is 32.1. The number of amides is 1. The van der Waals surface area contributed by atoms with Gasteiger partial charge in [0.25, 0.3) is 0 Å². The maximum Gasteiger partial charge on any atom is 0.220 e. The minimum Gasteiger partial charge on any atom is -0.356 e. The predicted octanol–water partition coefficient (Wildman–Crippen LogP) is 4.83. The van der Waals surface area contributed by atoms with Gasteiger partial charge >= 0.3 is 0 Å². The van der Waals surface area contributed by atoms with Gasteiger partial charge in [0, 0.05) is 23.8 Å². The summed E-state index contributed by atoms with van der Waals surface area (Å²) in [6.07, 6.45) is 1.15. The molecule has 0 saturated heterocycles. The summed E-state index contributed by atoms with van der Waals surface area (Å²) >= 11 is 1.50. The average molecular weight is 378 g/mol. The molecule has 0 aliphatic heterocycles. The lowest BCUT2D eigenvalue weighted by Gasteiger charge is -2.18. The Labute approximate surface area is 164 Å². The van der Waals surface area contributed by atoms with Crippen molar-refractivity contribution in [1.82, 2.24) is 5.32 Å². The Morgan fingerprint density at radius 1 is 0.889 bits per heavy atom. The van der Waals surface area contributed by atoms with Crippen LogP contribution in [-0.2, 0) is 11.2 Å². The fourth-order valence-corrected chi connectivity index (χ4v) is 3.99. The molecule has 3 nitrogen and oxygen atoms in total. The van der Waals surface area contributed by atoms with Gasteiger partial charge in [-0.25, -0.2) is 0 Å². The smallest absolute Gasteiger partial charge is 0.220 e. The lowest BCUT2D eigenvalue weighted by atomic mass is 9.88. The molecule has 0 saturated carbocycles. The molecule has 4 heteroatoms. The number of rotatable bonds is 8. The fraction of sp³-hybridized carbons (Fsp3) is 0.217. The second-order valence-corrected chi connectivity index (χ2v) is 7.67. The lowest BCUT2D eigenvalue weighted by molar-refractivity contribution is -0.121. The number of Topliss-reactive ketones (excluding diaryl/α,β-unsaturated/α-hetero) is 1. The van der Waals surface area contributed by atoms with Crippen LogP contribution in [0.1, 0.15) is 44.9 Å². The normalized spacial score (nSPS) is 10.7. The summed E-state index contributed by atoms with van der Waals surface area (Å²) in [5.41, 5.74) is 2.28. The van der Waals surface area contributed by atoms with Crippen molar-refractivity contribution in [3.63, 3.8) is 0 Å². The van der Waals surface area contributed by atoms with E-state index in [1.807, 2.05) is 48.5 Å². The number of thiophene rings is 1. The minimum absolute atomic E-state index is 0.0380. The van der Waals surface area contributed by atoms with Crippen LogP contribution in [0.5, 0.6) is 0 Å². The summed E-state index contributed by atoms with van der Waals surface area (Å²) in [7, 11) is 0. The van der Waals surface area contributed by atoms with E-state index in [9.17, 15) is 9.59 Å². The van der Waals surface area contributed by atoms with Crippen molar-refractivity contribution in [2.75, 3.05) is 6.54 Å². The molecule has 1 aromatic heterocycles. The fourth-order valence-electron chi connectivity index (χ4n) is 3.08. The largest absolute Gasteiger partial charge is 0.356 e. The summed E-state index contributed by atoms with van der Waals surface area (Å²) in [5.74, 6) is 0.165. The van der Waals surface area contributed by atoms with Gasteiger partial charge in [-0.3, -0.25) is 9.59 Å². The van der Waals surface area contributed by atoms with Crippen LogP contribution in [0.25, 0.3) is 0 Å². The van der Waals surface area contributed by atoms with Gasteiger partial charge in [0.15, 0.2) is 5.78 Å². The van der Waals surface area contributed by atoms with Crippen molar-refractivity contribution < 1.29 is 9.59 Å². The van der Waals surface area contributed by atoms with Crippen molar-refractivity contribution in [1.29, 1.82) is 0 Å². The van der Waals surface area contributed by atoms with E-state index in [1.165, 1.54) is 11.3 Å². The van der Waals surface area contributed by atoms with Crippen LogP contribution in [0.4, 0.5) is 0 Å². The first-order valence-corrected chi connectivity index (χ1v) is 9.91. The van der Waals surface area contributed by atoms with Crippen molar-refractivity contribution in [3.8, 4) is 0 Å². The molecule has 0 aliphatic carbocycles. The second kappa shape index (κ2) is 9.28. The highest BCUT2D eigenvalue weighted by Crippen LogP contribution is 2.27. The molecule has 0 aliphatic rings. The van der Waals surface area contributed by atoms with E-state index >= 15 is 0 Å². The average Bonchev–Trinajstić information content (AvgIpc) is 3.17. The first-order valence-electron chi connectivity index (χ1n) is 9.09. The molecule has 3 rings (SSSR count). The Bertz CT molecular complexity index is 848. The topological polar surface area (TPSA) is 46.2 Å².